The molecule has 0 fully saturated rings. The summed E-state index contributed by atoms with van der Waals surface area (Å²) < 4.78 is 19.2. The number of hydrogen-bond donors (Lipinski definition) is 1. The molecule has 1 heterocycles. The van der Waals surface area contributed by atoms with Gasteiger partial charge in [-0.05, 0) is 24.3 Å². The van der Waals surface area contributed by atoms with Crippen LogP contribution in [-0.4, -0.2) is 5.91 Å². The zero-order valence-corrected chi connectivity index (χ0v) is 11.7. The van der Waals surface area contributed by atoms with E-state index in [0.29, 0.717) is 5.76 Å². The number of fused-ring (bicyclic) bond motifs is 1. The van der Waals surface area contributed by atoms with Gasteiger partial charge in [-0.25, -0.2) is 4.39 Å². The largest absolute Gasteiger partial charge is 0.459 e. The van der Waals surface area contributed by atoms with E-state index >= 15 is 0 Å². The smallest absolute Gasteiger partial charge is 0.256 e. The number of rotatable bonds is 3. The van der Waals surface area contributed by atoms with Gasteiger partial charge in [-0.15, -0.1) is 0 Å². The molecule has 1 amide bonds. The Labute approximate surface area is 125 Å². The van der Waals surface area contributed by atoms with Gasteiger partial charge in [0.05, 0.1) is 17.1 Å². The number of furan rings is 1. The Kier molecular flexibility index (Phi) is 3.62. The maximum absolute atomic E-state index is 13.6. The molecule has 0 saturated carbocycles. The van der Waals surface area contributed by atoms with Crippen LogP contribution in [0.15, 0.2) is 52.9 Å². The number of halogens is 2. The Hall–Kier alpha value is -2.33. The van der Waals surface area contributed by atoms with Crippen molar-refractivity contribution in [2.75, 3.05) is 0 Å². The fraction of sp³-hybridized carbons (Fsp3) is 0.0625. The van der Waals surface area contributed by atoms with Gasteiger partial charge in [-0.3, -0.25) is 4.79 Å². The minimum absolute atomic E-state index is 0.0807. The topological polar surface area (TPSA) is 42.2 Å². The molecule has 3 nitrogen and oxygen atoms in total. The summed E-state index contributed by atoms with van der Waals surface area (Å²) in [5.41, 5.74) is 0.584. The van der Waals surface area contributed by atoms with Crippen molar-refractivity contribution in [1.82, 2.24) is 5.32 Å². The van der Waals surface area contributed by atoms with Crippen LogP contribution in [0.2, 0.25) is 5.02 Å². The van der Waals surface area contributed by atoms with Gasteiger partial charge in [0.2, 0.25) is 0 Å². The van der Waals surface area contributed by atoms with Crippen molar-refractivity contribution in [1.29, 1.82) is 0 Å². The number of amides is 1. The van der Waals surface area contributed by atoms with Crippen LogP contribution in [0, 0.1) is 5.82 Å². The minimum Gasteiger partial charge on any atom is -0.459 e. The van der Waals surface area contributed by atoms with E-state index in [0.717, 1.165) is 11.0 Å². The highest BCUT2D eigenvalue weighted by molar-refractivity contribution is 6.33. The first-order valence-corrected chi connectivity index (χ1v) is 6.72. The van der Waals surface area contributed by atoms with E-state index in [1.807, 2.05) is 30.3 Å². The fourth-order valence-electron chi connectivity index (χ4n) is 2.09. The summed E-state index contributed by atoms with van der Waals surface area (Å²) >= 11 is 5.85. The van der Waals surface area contributed by atoms with Crippen LogP contribution in [0.5, 0.6) is 0 Å². The molecule has 0 aliphatic heterocycles. The lowest BCUT2D eigenvalue weighted by atomic mass is 10.2. The van der Waals surface area contributed by atoms with Crippen molar-refractivity contribution in [2.24, 2.45) is 0 Å². The molecule has 1 aromatic heterocycles. The lowest BCUT2D eigenvalue weighted by Crippen LogP contribution is -2.24. The lowest BCUT2D eigenvalue weighted by molar-refractivity contribution is 0.0944. The van der Waals surface area contributed by atoms with Crippen LogP contribution >= 0.6 is 11.6 Å². The van der Waals surface area contributed by atoms with E-state index in [1.54, 1.807) is 0 Å². The first-order valence-electron chi connectivity index (χ1n) is 6.35. The van der Waals surface area contributed by atoms with Crippen molar-refractivity contribution in [2.45, 2.75) is 6.54 Å². The molecule has 0 spiro atoms. The quantitative estimate of drug-likeness (QED) is 0.789. The van der Waals surface area contributed by atoms with E-state index in [-0.39, 0.29) is 17.1 Å². The fourth-order valence-corrected chi connectivity index (χ4v) is 2.34. The standard InChI is InChI=1S/C16H11ClFNO2/c17-12-5-3-6-13(18)15(12)16(20)19-9-11-8-10-4-1-2-7-14(10)21-11/h1-8H,9H2,(H,19,20). The van der Waals surface area contributed by atoms with Crippen LogP contribution in [0.3, 0.4) is 0 Å². The van der Waals surface area contributed by atoms with E-state index in [2.05, 4.69) is 5.32 Å². The predicted octanol–water partition coefficient (Wildman–Crippen LogP) is 4.16. The summed E-state index contributed by atoms with van der Waals surface area (Å²) in [7, 11) is 0. The van der Waals surface area contributed by atoms with Gasteiger partial charge >= 0.3 is 0 Å². The third-order valence-corrected chi connectivity index (χ3v) is 3.40. The van der Waals surface area contributed by atoms with Crippen molar-refractivity contribution < 1.29 is 13.6 Å². The lowest BCUT2D eigenvalue weighted by Gasteiger charge is -2.06. The Balaban J connectivity index is 1.76. The summed E-state index contributed by atoms with van der Waals surface area (Å²) in [4.78, 5) is 12.0. The maximum atomic E-state index is 13.6. The summed E-state index contributed by atoms with van der Waals surface area (Å²) in [6.45, 7) is 0.165. The summed E-state index contributed by atoms with van der Waals surface area (Å²) in [6, 6.07) is 13.5. The highest BCUT2D eigenvalue weighted by Gasteiger charge is 2.15. The van der Waals surface area contributed by atoms with E-state index in [9.17, 15) is 9.18 Å². The molecule has 0 atom stereocenters. The summed E-state index contributed by atoms with van der Waals surface area (Å²) in [5.74, 6) is -0.625. The molecule has 0 saturated heterocycles. The van der Waals surface area contributed by atoms with E-state index in [1.165, 1.54) is 18.2 Å². The second kappa shape index (κ2) is 5.58. The highest BCUT2D eigenvalue weighted by Crippen LogP contribution is 2.20. The van der Waals surface area contributed by atoms with Crippen LogP contribution in [0.4, 0.5) is 4.39 Å². The number of carbonyl (C=O) groups excluding carboxylic acids is 1. The van der Waals surface area contributed by atoms with Crippen LogP contribution in [0.25, 0.3) is 11.0 Å². The normalized spacial score (nSPS) is 10.8. The maximum Gasteiger partial charge on any atom is 0.256 e. The van der Waals surface area contributed by atoms with E-state index in [4.69, 9.17) is 16.0 Å². The number of benzene rings is 2. The van der Waals surface area contributed by atoms with Gasteiger partial charge < -0.3 is 9.73 Å². The molecule has 21 heavy (non-hydrogen) atoms. The highest BCUT2D eigenvalue weighted by atomic mass is 35.5. The van der Waals surface area contributed by atoms with Gasteiger partial charge in [0.1, 0.15) is 17.2 Å². The SMILES string of the molecule is O=C(NCc1cc2ccccc2o1)c1c(F)cccc1Cl. The second-order valence-electron chi connectivity index (χ2n) is 4.53. The van der Waals surface area contributed by atoms with Crippen molar-refractivity contribution >= 4 is 28.5 Å². The van der Waals surface area contributed by atoms with Gasteiger partial charge in [0, 0.05) is 5.39 Å². The van der Waals surface area contributed by atoms with E-state index < -0.39 is 11.7 Å². The molecular formula is C16H11ClFNO2. The zero-order valence-electron chi connectivity index (χ0n) is 10.9. The molecule has 1 N–H and O–H groups in total. The summed E-state index contributed by atoms with van der Waals surface area (Å²) in [5, 5.41) is 3.63. The Morgan fingerprint density at radius 2 is 2.00 bits per heavy atom. The van der Waals surface area contributed by atoms with Crippen LogP contribution < -0.4 is 5.32 Å². The monoisotopic (exact) mass is 303 g/mol. The number of para-hydroxylation sites is 1. The van der Waals surface area contributed by atoms with Gasteiger partial charge in [-0.1, -0.05) is 35.9 Å². The average molecular weight is 304 g/mol. The molecule has 0 unspecified atom stereocenters. The molecule has 2 aromatic carbocycles. The van der Waals surface area contributed by atoms with Crippen molar-refractivity contribution in [3.8, 4) is 0 Å². The van der Waals surface area contributed by atoms with Crippen LogP contribution in [-0.2, 0) is 6.54 Å². The molecule has 0 aliphatic carbocycles. The first-order chi connectivity index (χ1) is 10.1. The number of hydrogen-bond acceptors (Lipinski definition) is 2. The Morgan fingerprint density at radius 1 is 1.19 bits per heavy atom. The Morgan fingerprint density at radius 3 is 2.76 bits per heavy atom. The van der Waals surface area contributed by atoms with Gasteiger partial charge in [-0.2, -0.15) is 0 Å². The third-order valence-electron chi connectivity index (χ3n) is 3.09. The third kappa shape index (κ3) is 2.76. The second-order valence-corrected chi connectivity index (χ2v) is 4.94. The number of nitrogens with one attached hydrogen (secondary N) is 1. The molecule has 5 heteroatoms. The molecule has 3 rings (SSSR count). The molecule has 0 aliphatic rings. The zero-order chi connectivity index (χ0) is 14.8. The molecule has 0 radical (unpaired) electrons. The van der Waals surface area contributed by atoms with Gasteiger partial charge in [0.25, 0.3) is 5.91 Å². The van der Waals surface area contributed by atoms with Crippen LogP contribution in [0.1, 0.15) is 16.1 Å². The van der Waals surface area contributed by atoms with Crippen molar-refractivity contribution in [3.63, 3.8) is 0 Å². The minimum atomic E-state index is -0.649. The average Bonchev–Trinajstić information content (AvgIpc) is 2.87. The molecule has 0 bridgehead atoms. The molecule has 106 valence electrons. The molecular weight excluding hydrogens is 293 g/mol. The first kappa shape index (κ1) is 13.6. The molecule has 3 aromatic rings. The van der Waals surface area contributed by atoms with Crippen molar-refractivity contribution in [3.05, 3.63) is 70.7 Å². The van der Waals surface area contributed by atoms with Gasteiger partial charge in [0.15, 0.2) is 0 Å². The Bertz CT molecular complexity index is 760. The predicted molar refractivity (Wildman–Crippen MR) is 78.8 cm³/mol. The number of carbonyl (C=O) groups is 1. The summed E-state index contributed by atoms with van der Waals surface area (Å²) in [6.07, 6.45) is 0.